The van der Waals surface area contributed by atoms with E-state index in [9.17, 15) is 9.59 Å². The number of hydrogen-bond donors (Lipinski definition) is 1. The molecule has 1 aliphatic rings. The first-order chi connectivity index (χ1) is 18.5. The van der Waals surface area contributed by atoms with Crippen LogP contribution in [0.3, 0.4) is 0 Å². The van der Waals surface area contributed by atoms with E-state index >= 15 is 0 Å². The molecule has 38 heavy (non-hydrogen) atoms. The fraction of sp³-hybridized carbons (Fsp3) is 0.300. The Kier molecular flexibility index (Phi) is 7.31. The van der Waals surface area contributed by atoms with Gasteiger partial charge in [-0.15, -0.1) is 0 Å². The molecule has 2 aromatic heterocycles. The molecule has 4 aromatic rings. The van der Waals surface area contributed by atoms with Gasteiger partial charge in [0, 0.05) is 18.3 Å². The Hall–Kier alpha value is -4.33. The van der Waals surface area contributed by atoms with E-state index in [0.29, 0.717) is 13.2 Å². The van der Waals surface area contributed by atoms with Crippen molar-refractivity contribution in [1.29, 1.82) is 0 Å². The summed E-state index contributed by atoms with van der Waals surface area (Å²) in [6.07, 6.45) is 2.89. The zero-order valence-corrected chi connectivity index (χ0v) is 22.1. The van der Waals surface area contributed by atoms with Crippen LogP contribution in [0.15, 0.2) is 72.9 Å². The summed E-state index contributed by atoms with van der Waals surface area (Å²) in [7, 11) is 0. The van der Waals surface area contributed by atoms with Crippen molar-refractivity contribution in [1.82, 2.24) is 24.6 Å². The zero-order valence-electron chi connectivity index (χ0n) is 22.1. The second-order valence-corrected chi connectivity index (χ2v) is 9.38. The van der Waals surface area contributed by atoms with Crippen LogP contribution in [0.2, 0.25) is 0 Å². The lowest BCUT2D eigenvalue weighted by atomic mass is 10.0. The number of nitrogens with one attached hydrogen (secondary N) is 1. The molecule has 0 saturated carbocycles. The highest BCUT2D eigenvalue weighted by Crippen LogP contribution is 2.38. The first kappa shape index (κ1) is 25.3. The van der Waals surface area contributed by atoms with Gasteiger partial charge in [-0.1, -0.05) is 55.0 Å². The van der Waals surface area contributed by atoms with Crippen LogP contribution in [0.4, 0.5) is 4.79 Å². The number of aromatic nitrogens is 3. The molecule has 0 bridgehead atoms. The van der Waals surface area contributed by atoms with E-state index in [1.165, 1.54) is 0 Å². The summed E-state index contributed by atoms with van der Waals surface area (Å²) in [5.74, 6) is 0.610. The summed E-state index contributed by atoms with van der Waals surface area (Å²) in [5.41, 5.74) is 6.04. The van der Waals surface area contributed by atoms with Gasteiger partial charge in [0.15, 0.2) is 0 Å². The summed E-state index contributed by atoms with van der Waals surface area (Å²) >= 11 is 0. The topological polar surface area (TPSA) is 81.4 Å². The van der Waals surface area contributed by atoms with Gasteiger partial charge in [0.1, 0.15) is 5.82 Å². The minimum absolute atomic E-state index is 0.121. The van der Waals surface area contributed by atoms with Crippen molar-refractivity contribution in [2.45, 2.75) is 46.2 Å². The average molecular weight is 512 g/mol. The standard InChI is InChI=1S/C30H33N5O3/c1-4-25-24-20-34(30(37)31-18-17-27(36)38-5-2)28(22-15-13-21(3)14-16-22)26-12-9-19-33(26)29(24)35(32-25)23-10-7-6-8-11-23/h6-16,19,28H,4-5,17-18,20H2,1-3H3,(H,31,37). The van der Waals surface area contributed by atoms with Gasteiger partial charge in [0.2, 0.25) is 0 Å². The lowest BCUT2D eigenvalue weighted by molar-refractivity contribution is -0.142. The van der Waals surface area contributed by atoms with Gasteiger partial charge in [-0.05, 0) is 50.1 Å². The summed E-state index contributed by atoms with van der Waals surface area (Å²) in [5, 5.41) is 7.95. The minimum Gasteiger partial charge on any atom is -0.466 e. The second kappa shape index (κ2) is 11.0. The molecule has 1 aliphatic heterocycles. The molecule has 0 fully saturated rings. The Bertz CT molecular complexity index is 1420. The molecule has 2 aromatic carbocycles. The fourth-order valence-corrected chi connectivity index (χ4v) is 5.05. The highest BCUT2D eigenvalue weighted by atomic mass is 16.5. The quantitative estimate of drug-likeness (QED) is 0.350. The molecule has 3 heterocycles. The molecule has 0 saturated heterocycles. The van der Waals surface area contributed by atoms with Crippen molar-refractivity contribution in [3.8, 4) is 11.5 Å². The summed E-state index contributed by atoms with van der Waals surface area (Å²) in [6, 6.07) is 21.9. The number of aryl methyl sites for hydroxylation is 2. The number of esters is 1. The third kappa shape index (κ3) is 4.81. The normalized spacial score (nSPS) is 14.4. The highest BCUT2D eigenvalue weighted by molar-refractivity contribution is 5.77. The van der Waals surface area contributed by atoms with Gasteiger partial charge in [0.25, 0.3) is 0 Å². The second-order valence-electron chi connectivity index (χ2n) is 9.38. The molecule has 2 amide bonds. The Morgan fingerprint density at radius 2 is 1.79 bits per heavy atom. The number of rotatable bonds is 7. The fourth-order valence-electron chi connectivity index (χ4n) is 5.05. The molecular formula is C30H33N5O3. The molecule has 0 spiro atoms. The maximum Gasteiger partial charge on any atom is 0.318 e. The first-order valence-electron chi connectivity index (χ1n) is 13.1. The van der Waals surface area contributed by atoms with Crippen LogP contribution in [0.5, 0.6) is 0 Å². The molecule has 1 N–H and O–H groups in total. The van der Waals surface area contributed by atoms with E-state index in [0.717, 1.165) is 46.0 Å². The van der Waals surface area contributed by atoms with Gasteiger partial charge in [-0.2, -0.15) is 5.10 Å². The van der Waals surface area contributed by atoms with Crippen LogP contribution in [0.25, 0.3) is 11.5 Å². The summed E-state index contributed by atoms with van der Waals surface area (Å²) < 4.78 is 9.17. The zero-order chi connectivity index (χ0) is 26.6. The monoisotopic (exact) mass is 511 g/mol. The Morgan fingerprint density at radius 1 is 1.03 bits per heavy atom. The first-order valence-corrected chi connectivity index (χ1v) is 13.1. The van der Waals surface area contributed by atoms with Crippen LogP contribution >= 0.6 is 0 Å². The van der Waals surface area contributed by atoms with Gasteiger partial charge in [-0.3, -0.25) is 4.79 Å². The summed E-state index contributed by atoms with van der Waals surface area (Å²) in [4.78, 5) is 27.5. The third-order valence-electron chi connectivity index (χ3n) is 6.87. The van der Waals surface area contributed by atoms with Crippen LogP contribution in [-0.4, -0.2) is 44.4 Å². The van der Waals surface area contributed by atoms with Crippen LogP contribution in [0, 0.1) is 6.92 Å². The number of carbonyl (C=O) groups excluding carboxylic acids is 2. The van der Waals surface area contributed by atoms with Crippen molar-refractivity contribution < 1.29 is 14.3 Å². The predicted octanol–water partition coefficient (Wildman–Crippen LogP) is 5.10. The van der Waals surface area contributed by atoms with E-state index in [1.54, 1.807) is 6.92 Å². The lowest BCUT2D eigenvalue weighted by Gasteiger charge is -2.31. The number of ether oxygens (including phenoxy) is 1. The number of urea groups is 1. The number of para-hydroxylation sites is 1. The number of benzene rings is 2. The van der Waals surface area contributed by atoms with Gasteiger partial charge in [-0.25, -0.2) is 9.48 Å². The molecular weight excluding hydrogens is 478 g/mol. The number of hydrogen-bond acceptors (Lipinski definition) is 4. The molecule has 0 radical (unpaired) electrons. The van der Waals surface area contributed by atoms with Crippen LogP contribution in [0.1, 0.15) is 54.4 Å². The number of carbonyl (C=O) groups is 2. The van der Waals surface area contributed by atoms with Crippen molar-refractivity contribution in [2.24, 2.45) is 0 Å². The summed E-state index contributed by atoms with van der Waals surface area (Å²) in [6.45, 7) is 6.80. The molecule has 5 rings (SSSR count). The van der Waals surface area contributed by atoms with Crippen LogP contribution in [-0.2, 0) is 22.5 Å². The highest BCUT2D eigenvalue weighted by Gasteiger charge is 2.36. The van der Waals surface area contributed by atoms with Gasteiger partial charge >= 0.3 is 12.0 Å². The van der Waals surface area contributed by atoms with E-state index < -0.39 is 0 Å². The van der Waals surface area contributed by atoms with Gasteiger partial charge in [0.05, 0.1) is 42.7 Å². The van der Waals surface area contributed by atoms with Crippen LogP contribution < -0.4 is 5.32 Å². The smallest absolute Gasteiger partial charge is 0.318 e. The average Bonchev–Trinajstić information content (AvgIpc) is 3.51. The predicted molar refractivity (Wildman–Crippen MR) is 145 cm³/mol. The maximum absolute atomic E-state index is 13.8. The largest absolute Gasteiger partial charge is 0.466 e. The van der Waals surface area contributed by atoms with E-state index in [4.69, 9.17) is 9.84 Å². The van der Waals surface area contributed by atoms with E-state index in [1.807, 2.05) is 52.2 Å². The molecule has 8 nitrogen and oxygen atoms in total. The molecule has 1 unspecified atom stereocenters. The Labute approximate surface area is 222 Å². The molecule has 196 valence electrons. The maximum atomic E-state index is 13.8. The SMILES string of the molecule is CCOC(=O)CCNC(=O)N1Cc2c(CC)nn(-c3ccccc3)c2-n2cccc2C1c1ccc(C)cc1. The molecule has 8 heteroatoms. The molecule has 1 atom stereocenters. The lowest BCUT2D eigenvalue weighted by Crippen LogP contribution is -2.42. The van der Waals surface area contributed by atoms with Crippen molar-refractivity contribution >= 4 is 12.0 Å². The van der Waals surface area contributed by atoms with E-state index in [-0.39, 0.29) is 31.0 Å². The minimum atomic E-state index is -0.338. The van der Waals surface area contributed by atoms with Crippen molar-refractivity contribution in [3.63, 3.8) is 0 Å². The van der Waals surface area contributed by atoms with Gasteiger partial charge < -0.3 is 19.5 Å². The van der Waals surface area contributed by atoms with Crippen molar-refractivity contribution in [3.05, 3.63) is 101 Å². The number of nitrogens with zero attached hydrogens (tertiary/aromatic N) is 4. The Balaban J connectivity index is 1.62. The Morgan fingerprint density at radius 3 is 2.50 bits per heavy atom. The molecule has 0 aliphatic carbocycles. The number of amides is 2. The van der Waals surface area contributed by atoms with Crippen molar-refractivity contribution in [2.75, 3.05) is 13.2 Å². The number of fused-ring (bicyclic) bond motifs is 3. The van der Waals surface area contributed by atoms with E-state index in [2.05, 4.69) is 54.1 Å². The third-order valence-corrected chi connectivity index (χ3v) is 6.87.